The molecule has 2 rings (SSSR count). The summed E-state index contributed by atoms with van der Waals surface area (Å²) in [4.78, 5) is 11.6. The lowest BCUT2D eigenvalue weighted by atomic mass is 10.2. The molecule has 5 heteroatoms. The maximum absolute atomic E-state index is 11.6. The van der Waals surface area contributed by atoms with Crippen molar-refractivity contribution in [2.45, 2.75) is 13.5 Å². The van der Waals surface area contributed by atoms with E-state index in [0.29, 0.717) is 21.3 Å². The Bertz CT molecular complexity index is 650. The van der Waals surface area contributed by atoms with Crippen LogP contribution in [0, 0.1) is 6.92 Å². The molecule has 0 bridgehead atoms. The van der Waals surface area contributed by atoms with E-state index in [9.17, 15) is 4.79 Å². The number of nitrogens with zero attached hydrogens (tertiary/aromatic N) is 1. The Labute approximate surface area is 114 Å². The van der Waals surface area contributed by atoms with E-state index in [1.165, 1.54) is 6.07 Å². The molecule has 0 fully saturated rings. The van der Waals surface area contributed by atoms with Gasteiger partial charge in [-0.2, -0.15) is 0 Å². The van der Waals surface area contributed by atoms with Gasteiger partial charge in [-0.05, 0) is 25.1 Å². The third kappa shape index (κ3) is 2.43. The summed E-state index contributed by atoms with van der Waals surface area (Å²) in [5, 5.41) is 10.2. The van der Waals surface area contributed by atoms with Gasteiger partial charge in [-0.1, -0.05) is 23.2 Å². The Morgan fingerprint density at radius 3 is 2.61 bits per heavy atom. The molecule has 18 heavy (non-hydrogen) atoms. The van der Waals surface area contributed by atoms with Gasteiger partial charge in [0.15, 0.2) is 5.43 Å². The summed E-state index contributed by atoms with van der Waals surface area (Å²) in [6.07, 6.45) is 1.59. The molecular formula is C13H11Cl2NO2. The first-order chi connectivity index (χ1) is 8.52. The largest absolute Gasteiger partial charge is 0.391 e. The SMILES string of the molecule is Cc1cc(=O)c(CO)cn1-c1ccc(Cl)cc1Cl. The lowest BCUT2D eigenvalue weighted by Gasteiger charge is -2.13. The van der Waals surface area contributed by atoms with Crippen LogP contribution in [0.5, 0.6) is 0 Å². The molecule has 1 heterocycles. The molecule has 1 N–H and O–H groups in total. The molecule has 0 aliphatic heterocycles. The van der Waals surface area contributed by atoms with Crippen LogP contribution >= 0.6 is 23.2 Å². The van der Waals surface area contributed by atoms with Crippen molar-refractivity contribution in [2.75, 3.05) is 0 Å². The topological polar surface area (TPSA) is 42.2 Å². The number of halogens is 2. The highest BCUT2D eigenvalue weighted by Gasteiger charge is 2.08. The molecule has 0 amide bonds. The van der Waals surface area contributed by atoms with E-state index in [2.05, 4.69) is 0 Å². The van der Waals surface area contributed by atoms with Gasteiger partial charge in [0.1, 0.15) is 0 Å². The molecule has 94 valence electrons. The highest BCUT2D eigenvalue weighted by Crippen LogP contribution is 2.25. The average molecular weight is 284 g/mol. The number of aliphatic hydroxyl groups excluding tert-OH is 1. The average Bonchev–Trinajstić information content (AvgIpc) is 2.30. The van der Waals surface area contributed by atoms with Crippen LogP contribution in [-0.4, -0.2) is 9.67 Å². The van der Waals surface area contributed by atoms with E-state index < -0.39 is 0 Å². The molecule has 1 aromatic heterocycles. The van der Waals surface area contributed by atoms with Gasteiger partial charge >= 0.3 is 0 Å². The first-order valence-electron chi connectivity index (χ1n) is 5.31. The Kier molecular flexibility index (Phi) is 3.76. The first-order valence-corrected chi connectivity index (χ1v) is 6.07. The zero-order chi connectivity index (χ0) is 13.3. The van der Waals surface area contributed by atoms with Crippen molar-refractivity contribution in [3.63, 3.8) is 0 Å². The van der Waals surface area contributed by atoms with Gasteiger partial charge in [0, 0.05) is 28.5 Å². The Balaban J connectivity index is 2.67. The fraction of sp³-hybridized carbons (Fsp3) is 0.154. The van der Waals surface area contributed by atoms with E-state index in [1.54, 1.807) is 35.9 Å². The molecule has 3 nitrogen and oxygen atoms in total. The second-order valence-corrected chi connectivity index (χ2v) is 4.77. The number of aromatic nitrogens is 1. The number of benzene rings is 1. The first kappa shape index (κ1) is 13.1. The zero-order valence-electron chi connectivity index (χ0n) is 9.65. The molecule has 0 saturated heterocycles. The summed E-state index contributed by atoms with van der Waals surface area (Å²) in [5.41, 5.74) is 1.60. The van der Waals surface area contributed by atoms with Gasteiger partial charge in [-0.3, -0.25) is 4.79 Å². The predicted octanol–water partition coefficient (Wildman–Crippen LogP) is 2.95. The second kappa shape index (κ2) is 5.14. The van der Waals surface area contributed by atoms with Crippen LogP contribution in [0.3, 0.4) is 0 Å². The molecular weight excluding hydrogens is 273 g/mol. The van der Waals surface area contributed by atoms with Gasteiger partial charge in [0.05, 0.1) is 17.3 Å². The van der Waals surface area contributed by atoms with Crippen LogP contribution in [0.25, 0.3) is 5.69 Å². The molecule has 0 spiro atoms. The van der Waals surface area contributed by atoms with Crippen LogP contribution in [0.1, 0.15) is 11.3 Å². The molecule has 2 aromatic rings. The lowest BCUT2D eigenvalue weighted by Crippen LogP contribution is -2.14. The monoisotopic (exact) mass is 283 g/mol. The van der Waals surface area contributed by atoms with Crippen LogP contribution in [0.2, 0.25) is 10.0 Å². The number of aliphatic hydroxyl groups is 1. The van der Waals surface area contributed by atoms with Gasteiger partial charge in [0.25, 0.3) is 0 Å². The van der Waals surface area contributed by atoms with Crippen molar-refractivity contribution < 1.29 is 5.11 Å². The summed E-state index contributed by atoms with van der Waals surface area (Å²) >= 11 is 12.0. The molecule has 0 saturated carbocycles. The minimum Gasteiger partial charge on any atom is -0.391 e. The fourth-order valence-corrected chi connectivity index (χ4v) is 2.23. The van der Waals surface area contributed by atoms with Crippen molar-refractivity contribution >= 4 is 23.2 Å². The van der Waals surface area contributed by atoms with Crippen LogP contribution in [0.4, 0.5) is 0 Å². The number of rotatable bonds is 2. The Hall–Kier alpha value is -1.29. The standard InChI is InChI=1S/C13H11Cl2NO2/c1-8-4-13(18)9(7-17)6-16(8)12-3-2-10(14)5-11(12)15/h2-6,17H,7H2,1H3. The highest BCUT2D eigenvalue weighted by atomic mass is 35.5. The molecule has 0 radical (unpaired) electrons. The van der Waals surface area contributed by atoms with E-state index in [1.807, 2.05) is 0 Å². The van der Waals surface area contributed by atoms with Crippen LogP contribution in [0.15, 0.2) is 35.3 Å². The number of hydrogen-bond donors (Lipinski definition) is 1. The molecule has 0 aliphatic carbocycles. The van der Waals surface area contributed by atoms with E-state index >= 15 is 0 Å². The van der Waals surface area contributed by atoms with Gasteiger partial charge in [-0.25, -0.2) is 0 Å². The number of aryl methyl sites for hydroxylation is 1. The normalized spacial score (nSPS) is 10.7. The second-order valence-electron chi connectivity index (χ2n) is 3.93. The lowest BCUT2D eigenvalue weighted by molar-refractivity contribution is 0.280. The molecule has 0 atom stereocenters. The summed E-state index contributed by atoms with van der Waals surface area (Å²) < 4.78 is 1.76. The van der Waals surface area contributed by atoms with Gasteiger partial charge in [0.2, 0.25) is 0 Å². The minimum absolute atomic E-state index is 0.184. The third-order valence-electron chi connectivity index (χ3n) is 2.66. The van der Waals surface area contributed by atoms with Crippen molar-refractivity contribution in [3.8, 4) is 5.69 Å². The summed E-state index contributed by atoms with van der Waals surface area (Å²) in [6, 6.07) is 6.59. The van der Waals surface area contributed by atoms with Crippen molar-refractivity contribution in [2.24, 2.45) is 0 Å². The van der Waals surface area contributed by atoms with Gasteiger partial charge < -0.3 is 9.67 Å². The molecule has 0 unspecified atom stereocenters. The molecule has 1 aromatic carbocycles. The number of hydrogen-bond acceptors (Lipinski definition) is 2. The van der Waals surface area contributed by atoms with E-state index in [4.69, 9.17) is 28.3 Å². The zero-order valence-corrected chi connectivity index (χ0v) is 11.2. The van der Waals surface area contributed by atoms with Crippen LogP contribution in [-0.2, 0) is 6.61 Å². The molecule has 0 aliphatic rings. The summed E-state index contributed by atoms with van der Waals surface area (Å²) in [7, 11) is 0. The Morgan fingerprint density at radius 1 is 1.28 bits per heavy atom. The highest BCUT2D eigenvalue weighted by molar-refractivity contribution is 6.35. The van der Waals surface area contributed by atoms with Crippen LogP contribution < -0.4 is 5.43 Å². The smallest absolute Gasteiger partial charge is 0.187 e. The third-order valence-corrected chi connectivity index (χ3v) is 3.20. The fourth-order valence-electron chi connectivity index (χ4n) is 1.73. The maximum atomic E-state index is 11.6. The summed E-state index contributed by atoms with van der Waals surface area (Å²) in [6.45, 7) is 1.50. The number of pyridine rings is 1. The summed E-state index contributed by atoms with van der Waals surface area (Å²) in [5.74, 6) is 0. The van der Waals surface area contributed by atoms with E-state index in [0.717, 1.165) is 5.69 Å². The maximum Gasteiger partial charge on any atom is 0.187 e. The van der Waals surface area contributed by atoms with Gasteiger partial charge in [-0.15, -0.1) is 0 Å². The Morgan fingerprint density at radius 2 is 2.00 bits per heavy atom. The predicted molar refractivity (Wildman–Crippen MR) is 72.7 cm³/mol. The van der Waals surface area contributed by atoms with Crippen molar-refractivity contribution in [1.82, 2.24) is 4.57 Å². The van der Waals surface area contributed by atoms with E-state index in [-0.39, 0.29) is 12.0 Å². The quantitative estimate of drug-likeness (QED) is 0.921. The van der Waals surface area contributed by atoms with Crippen molar-refractivity contribution in [3.05, 3.63) is 62.0 Å². The minimum atomic E-state index is -0.301. The van der Waals surface area contributed by atoms with Crippen molar-refractivity contribution in [1.29, 1.82) is 0 Å².